The molecule has 0 saturated carbocycles. The molecule has 4 atom stereocenters. The largest absolute Gasteiger partial charge is 0.381 e. The number of thiazole rings is 1. The lowest BCUT2D eigenvalue weighted by Crippen LogP contribution is -2.91. The van der Waals surface area contributed by atoms with Gasteiger partial charge in [-0.3, -0.25) is 15.0 Å². The van der Waals surface area contributed by atoms with Crippen LogP contribution in [-0.4, -0.2) is 119 Å². The van der Waals surface area contributed by atoms with E-state index in [2.05, 4.69) is 25.6 Å². The summed E-state index contributed by atoms with van der Waals surface area (Å²) in [6.45, 7) is 1.22. The molecule has 1 aromatic carbocycles. The van der Waals surface area contributed by atoms with Crippen molar-refractivity contribution in [1.29, 1.82) is 0 Å². The highest BCUT2D eigenvalue weighted by Crippen LogP contribution is 2.38. The summed E-state index contributed by atoms with van der Waals surface area (Å²) in [5.74, 6) is -0.641. The molecule has 0 bridgehead atoms. The summed E-state index contributed by atoms with van der Waals surface area (Å²) in [7, 11) is 22.3. The van der Waals surface area contributed by atoms with Gasteiger partial charge in [-0.1, -0.05) is 11.3 Å². The minimum atomic E-state index is -3.19. The molecule has 2 aromatic heterocycles. The standard InChI is InChI=1S/C20H21B4N7O5S2/c1-37-11-8-27-15(28-9-11)25-5-2-6-26-16-29-12-4-3-10(7-13(12)38-16)14(32)31-19(23,35)17(21,33)30-18(22,34)20(31,24)36/h3-4,7-9,30,33-36H,2,5-6H2,1H3,(H,26,29)(H,25,27,28). The number of piperazine rings is 1. The first-order valence-electron chi connectivity index (χ1n) is 11.1. The van der Waals surface area contributed by atoms with Crippen molar-refractivity contribution in [2.45, 2.75) is 33.8 Å². The zero-order chi connectivity index (χ0) is 27.9. The Morgan fingerprint density at radius 1 is 1.05 bits per heavy atom. The van der Waals surface area contributed by atoms with Crippen molar-refractivity contribution in [2.24, 2.45) is 0 Å². The maximum atomic E-state index is 13.3. The first-order valence-corrected chi connectivity index (χ1v) is 13.2. The van der Waals surface area contributed by atoms with E-state index < -0.39 is 28.4 Å². The predicted molar refractivity (Wildman–Crippen MR) is 147 cm³/mol. The summed E-state index contributed by atoms with van der Waals surface area (Å²) in [6.07, 6.45) is 6.18. The molecule has 12 nitrogen and oxygen atoms in total. The van der Waals surface area contributed by atoms with Gasteiger partial charge in [-0.15, -0.1) is 11.8 Å². The van der Waals surface area contributed by atoms with E-state index in [1.807, 2.05) is 6.26 Å². The lowest BCUT2D eigenvalue weighted by molar-refractivity contribution is -0.284. The van der Waals surface area contributed by atoms with Gasteiger partial charge in [0.15, 0.2) is 5.13 Å². The second kappa shape index (κ2) is 10.3. The lowest BCUT2D eigenvalue weighted by Gasteiger charge is -2.64. The van der Waals surface area contributed by atoms with Gasteiger partial charge in [0.05, 0.1) is 10.2 Å². The van der Waals surface area contributed by atoms with Gasteiger partial charge in [0.1, 0.15) is 53.9 Å². The number of carbonyl (C=O) groups is 1. The molecule has 1 fully saturated rings. The fourth-order valence-corrected chi connectivity index (χ4v) is 4.89. The summed E-state index contributed by atoms with van der Waals surface area (Å²) < 4.78 is 0.570. The number of fused-ring (bicyclic) bond motifs is 1. The van der Waals surface area contributed by atoms with Crippen molar-refractivity contribution in [3.05, 3.63) is 36.2 Å². The first-order chi connectivity index (χ1) is 17.7. The van der Waals surface area contributed by atoms with Crippen molar-refractivity contribution in [3.63, 3.8) is 0 Å². The SMILES string of the molecule is [B]C1(O)NC([B])(O)C([B])(O)N(C(=O)c2ccc3nc(NCCCNc4ncc(SC)cn4)sc3c2)C1([B])O. The molecule has 1 aliphatic heterocycles. The van der Waals surface area contributed by atoms with Crippen LogP contribution in [0.1, 0.15) is 16.8 Å². The Labute approximate surface area is 231 Å². The number of hydrogen-bond acceptors (Lipinski definition) is 13. The minimum absolute atomic E-state index is 0.00318. The number of benzene rings is 1. The number of amides is 1. The van der Waals surface area contributed by atoms with E-state index >= 15 is 0 Å². The minimum Gasteiger partial charge on any atom is -0.381 e. The zero-order valence-corrected chi connectivity index (χ0v) is 21.8. The molecular formula is C20H21B4N7O5S2. The molecule has 1 amide bonds. The number of aliphatic hydroxyl groups is 4. The van der Waals surface area contributed by atoms with E-state index in [1.165, 1.54) is 29.5 Å². The second-order valence-electron chi connectivity index (χ2n) is 8.61. The Hall–Kier alpha value is -2.33. The predicted octanol–water partition coefficient (Wildman–Crippen LogP) is -1.97. The molecule has 8 radical (unpaired) electrons. The number of aromatic nitrogens is 3. The fourth-order valence-electron chi connectivity index (χ4n) is 3.64. The van der Waals surface area contributed by atoms with Gasteiger partial charge in [0, 0.05) is 35.9 Å². The summed E-state index contributed by atoms with van der Waals surface area (Å²) in [5, 5.41) is 50.4. The van der Waals surface area contributed by atoms with E-state index in [-0.39, 0.29) is 10.5 Å². The number of thioether (sulfide) groups is 1. The summed E-state index contributed by atoms with van der Waals surface area (Å²) in [5.41, 5.74) is -12.0. The van der Waals surface area contributed by atoms with E-state index in [0.29, 0.717) is 34.4 Å². The average Bonchev–Trinajstić information content (AvgIpc) is 3.24. The number of hydrogen-bond donors (Lipinski definition) is 7. The van der Waals surface area contributed by atoms with Gasteiger partial charge in [-0.25, -0.2) is 15.0 Å². The Morgan fingerprint density at radius 3 is 2.26 bits per heavy atom. The van der Waals surface area contributed by atoms with E-state index in [0.717, 1.165) is 11.3 Å². The number of carbonyl (C=O) groups excluding carboxylic acids is 1. The van der Waals surface area contributed by atoms with Crippen LogP contribution < -0.4 is 16.0 Å². The van der Waals surface area contributed by atoms with Gasteiger partial charge in [-0.05, 0) is 30.9 Å². The quantitative estimate of drug-likeness (QED) is 0.0943. The third-order valence-electron chi connectivity index (χ3n) is 5.80. The summed E-state index contributed by atoms with van der Waals surface area (Å²) in [6, 6.07) is 4.27. The number of nitrogens with one attached hydrogen (secondary N) is 3. The molecule has 190 valence electrons. The molecule has 1 saturated heterocycles. The molecule has 4 rings (SSSR count). The normalized spacial score (nSPS) is 29.3. The number of rotatable bonds is 8. The molecule has 3 aromatic rings. The van der Waals surface area contributed by atoms with E-state index in [9.17, 15) is 25.2 Å². The number of anilines is 2. The number of nitrogens with zero attached hydrogens (tertiary/aromatic N) is 4. The van der Waals surface area contributed by atoms with Crippen LogP contribution in [0.25, 0.3) is 10.2 Å². The topological polar surface area (TPSA) is 176 Å². The third-order valence-corrected chi connectivity index (χ3v) is 7.46. The van der Waals surface area contributed by atoms with Crippen molar-refractivity contribution in [1.82, 2.24) is 25.2 Å². The van der Waals surface area contributed by atoms with Gasteiger partial charge < -0.3 is 31.1 Å². The molecular weight excluding hydrogens is 526 g/mol. The Morgan fingerprint density at radius 2 is 1.66 bits per heavy atom. The molecule has 3 heterocycles. The highest BCUT2D eigenvalue weighted by molar-refractivity contribution is 7.98. The van der Waals surface area contributed by atoms with Crippen LogP contribution in [-0.2, 0) is 0 Å². The van der Waals surface area contributed by atoms with Crippen LogP contribution in [0.5, 0.6) is 0 Å². The van der Waals surface area contributed by atoms with E-state index in [4.69, 9.17) is 31.4 Å². The maximum Gasteiger partial charge on any atom is 0.257 e. The van der Waals surface area contributed by atoms with Crippen molar-refractivity contribution >= 4 is 81.7 Å². The van der Waals surface area contributed by atoms with Gasteiger partial charge in [0.2, 0.25) is 5.95 Å². The monoisotopic (exact) mass is 547 g/mol. The molecule has 38 heavy (non-hydrogen) atoms. The third kappa shape index (κ3) is 5.26. The Bertz CT molecular complexity index is 1300. The molecule has 1 aliphatic rings. The molecule has 4 unspecified atom stereocenters. The van der Waals surface area contributed by atoms with Crippen LogP contribution in [0.4, 0.5) is 11.1 Å². The Balaban J connectivity index is 1.44. The highest BCUT2D eigenvalue weighted by Gasteiger charge is 2.64. The summed E-state index contributed by atoms with van der Waals surface area (Å²) >= 11 is 2.81. The fraction of sp³-hybridized carbons (Fsp3) is 0.400. The van der Waals surface area contributed by atoms with Crippen LogP contribution in [0.2, 0.25) is 0 Å². The van der Waals surface area contributed by atoms with Crippen molar-refractivity contribution in [3.8, 4) is 0 Å². The van der Waals surface area contributed by atoms with E-state index in [1.54, 1.807) is 29.5 Å². The van der Waals surface area contributed by atoms with Gasteiger partial charge in [0.25, 0.3) is 5.91 Å². The first kappa shape index (κ1) is 28.7. The maximum absolute atomic E-state index is 13.3. The van der Waals surface area contributed by atoms with Crippen molar-refractivity contribution in [2.75, 3.05) is 30.0 Å². The Kier molecular flexibility index (Phi) is 7.80. The lowest BCUT2D eigenvalue weighted by atomic mass is 9.57. The average molecular weight is 547 g/mol. The second-order valence-corrected chi connectivity index (χ2v) is 10.5. The van der Waals surface area contributed by atoms with Crippen molar-refractivity contribution < 1.29 is 25.2 Å². The van der Waals surface area contributed by atoms with Gasteiger partial charge >= 0.3 is 0 Å². The molecule has 0 spiro atoms. The smallest absolute Gasteiger partial charge is 0.257 e. The van der Waals surface area contributed by atoms with Crippen LogP contribution in [0.15, 0.2) is 35.5 Å². The zero-order valence-electron chi connectivity index (χ0n) is 20.1. The molecule has 7 N–H and O–H groups in total. The highest BCUT2D eigenvalue weighted by atomic mass is 32.2. The van der Waals surface area contributed by atoms with Gasteiger partial charge in [-0.2, -0.15) is 0 Å². The molecule has 18 heteroatoms. The van der Waals surface area contributed by atoms with Crippen LogP contribution in [0.3, 0.4) is 0 Å². The molecule has 0 aliphatic carbocycles. The summed E-state index contributed by atoms with van der Waals surface area (Å²) in [4.78, 5) is 27.2. The van der Waals surface area contributed by atoms with Crippen LogP contribution >= 0.6 is 23.1 Å². The van der Waals surface area contributed by atoms with Crippen LogP contribution in [0, 0.1) is 0 Å².